The molecule has 0 aliphatic heterocycles. The third kappa shape index (κ3) is 4.23. The van der Waals surface area contributed by atoms with Crippen LogP contribution >= 0.6 is 15.9 Å². The molecule has 0 aromatic carbocycles. The van der Waals surface area contributed by atoms with Crippen LogP contribution in [-0.2, 0) is 4.74 Å². The summed E-state index contributed by atoms with van der Waals surface area (Å²) in [6, 6.07) is 4.25. The van der Waals surface area contributed by atoms with Gasteiger partial charge in [-0.3, -0.25) is 0 Å². The minimum absolute atomic E-state index is 0.382. The van der Waals surface area contributed by atoms with Crippen LogP contribution in [0.3, 0.4) is 0 Å². The summed E-state index contributed by atoms with van der Waals surface area (Å²) in [5.41, 5.74) is 5.86. The number of ether oxygens (including phenoxy) is 1. The minimum Gasteiger partial charge on any atom is -0.376 e. The number of nitrogens with zero attached hydrogens (tertiary/aromatic N) is 1. The molecule has 0 saturated heterocycles. The standard InChI is InChI=1S/C13H20BrN3O/c14-12-2-1-7-16-13(12)17-8-9-18-11-5-3-10(15)4-6-11/h1-2,7,10-11H,3-6,8-9,15H2,(H,16,17). The molecular weight excluding hydrogens is 294 g/mol. The van der Waals surface area contributed by atoms with Gasteiger partial charge in [0, 0.05) is 18.8 Å². The number of halogens is 1. The summed E-state index contributed by atoms with van der Waals surface area (Å²) in [5, 5.41) is 3.25. The Hall–Kier alpha value is -0.650. The molecule has 0 radical (unpaired) electrons. The van der Waals surface area contributed by atoms with E-state index < -0.39 is 0 Å². The van der Waals surface area contributed by atoms with Gasteiger partial charge in [-0.15, -0.1) is 0 Å². The maximum absolute atomic E-state index is 5.86. The monoisotopic (exact) mass is 313 g/mol. The van der Waals surface area contributed by atoms with Crippen molar-refractivity contribution >= 4 is 21.7 Å². The van der Waals surface area contributed by atoms with Gasteiger partial charge in [-0.1, -0.05) is 0 Å². The van der Waals surface area contributed by atoms with E-state index >= 15 is 0 Å². The Morgan fingerprint density at radius 3 is 2.89 bits per heavy atom. The Balaban J connectivity index is 1.63. The van der Waals surface area contributed by atoms with Crippen molar-refractivity contribution in [1.29, 1.82) is 0 Å². The first kappa shape index (κ1) is 13.8. The van der Waals surface area contributed by atoms with Crippen LogP contribution in [0, 0.1) is 0 Å². The van der Waals surface area contributed by atoms with Gasteiger partial charge in [0.15, 0.2) is 0 Å². The second kappa shape index (κ2) is 7.07. The maximum Gasteiger partial charge on any atom is 0.140 e. The largest absolute Gasteiger partial charge is 0.376 e. The van der Waals surface area contributed by atoms with E-state index in [1.165, 1.54) is 0 Å². The lowest BCUT2D eigenvalue weighted by Crippen LogP contribution is -2.31. The molecule has 2 rings (SSSR count). The number of hydrogen-bond acceptors (Lipinski definition) is 4. The van der Waals surface area contributed by atoms with Crippen molar-refractivity contribution < 1.29 is 4.74 Å². The van der Waals surface area contributed by atoms with Crippen molar-refractivity contribution in [1.82, 2.24) is 4.98 Å². The number of anilines is 1. The van der Waals surface area contributed by atoms with Crippen LogP contribution in [0.15, 0.2) is 22.8 Å². The molecule has 0 spiro atoms. The van der Waals surface area contributed by atoms with Crippen LogP contribution in [0.2, 0.25) is 0 Å². The van der Waals surface area contributed by atoms with E-state index in [1.54, 1.807) is 6.20 Å². The molecule has 4 nitrogen and oxygen atoms in total. The lowest BCUT2D eigenvalue weighted by molar-refractivity contribution is 0.0313. The van der Waals surface area contributed by atoms with Crippen molar-refractivity contribution in [3.8, 4) is 0 Å². The predicted octanol–water partition coefficient (Wildman–Crippen LogP) is 2.54. The van der Waals surface area contributed by atoms with Gasteiger partial charge in [0.05, 0.1) is 17.2 Å². The van der Waals surface area contributed by atoms with Crippen LogP contribution < -0.4 is 11.1 Å². The summed E-state index contributed by atoms with van der Waals surface area (Å²) in [5.74, 6) is 0.867. The first-order chi connectivity index (χ1) is 8.75. The Kier molecular flexibility index (Phi) is 5.41. The fourth-order valence-electron chi connectivity index (χ4n) is 2.17. The number of nitrogens with one attached hydrogen (secondary N) is 1. The highest BCUT2D eigenvalue weighted by molar-refractivity contribution is 9.10. The zero-order valence-electron chi connectivity index (χ0n) is 10.4. The van der Waals surface area contributed by atoms with Crippen molar-refractivity contribution in [3.05, 3.63) is 22.8 Å². The molecule has 1 aromatic rings. The van der Waals surface area contributed by atoms with Gasteiger partial charge in [-0.25, -0.2) is 4.98 Å². The second-order valence-electron chi connectivity index (χ2n) is 4.67. The second-order valence-corrected chi connectivity index (χ2v) is 5.52. The zero-order valence-corrected chi connectivity index (χ0v) is 12.0. The molecule has 0 unspecified atom stereocenters. The minimum atomic E-state index is 0.382. The first-order valence-corrected chi connectivity index (χ1v) is 7.26. The highest BCUT2D eigenvalue weighted by atomic mass is 79.9. The van der Waals surface area contributed by atoms with Crippen LogP contribution in [-0.4, -0.2) is 30.3 Å². The molecule has 0 bridgehead atoms. The van der Waals surface area contributed by atoms with Gasteiger partial charge >= 0.3 is 0 Å². The fourth-order valence-corrected chi connectivity index (χ4v) is 2.56. The van der Waals surface area contributed by atoms with Crippen molar-refractivity contribution in [3.63, 3.8) is 0 Å². The number of nitrogens with two attached hydrogens (primary N) is 1. The molecule has 1 saturated carbocycles. The molecule has 1 aliphatic carbocycles. The predicted molar refractivity (Wildman–Crippen MR) is 76.6 cm³/mol. The number of rotatable bonds is 5. The first-order valence-electron chi connectivity index (χ1n) is 6.47. The molecular formula is C13H20BrN3O. The fraction of sp³-hybridized carbons (Fsp3) is 0.615. The van der Waals surface area contributed by atoms with Crippen molar-refractivity contribution in [2.24, 2.45) is 5.73 Å². The normalized spacial score (nSPS) is 23.9. The van der Waals surface area contributed by atoms with Crippen molar-refractivity contribution in [2.45, 2.75) is 37.8 Å². The van der Waals surface area contributed by atoms with Gasteiger partial charge in [0.1, 0.15) is 5.82 Å². The Morgan fingerprint density at radius 2 is 2.17 bits per heavy atom. The highest BCUT2D eigenvalue weighted by Gasteiger charge is 2.18. The summed E-state index contributed by atoms with van der Waals surface area (Å²) < 4.78 is 6.81. The lowest BCUT2D eigenvalue weighted by Gasteiger charge is -2.26. The third-order valence-corrected chi connectivity index (χ3v) is 3.87. The van der Waals surface area contributed by atoms with E-state index in [-0.39, 0.29) is 0 Å². The summed E-state index contributed by atoms with van der Waals surface area (Å²) in [4.78, 5) is 4.24. The number of pyridine rings is 1. The Morgan fingerprint density at radius 1 is 1.39 bits per heavy atom. The Bertz CT molecular complexity index is 367. The molecule has 5 heteroatoms. The van der Waals surface area contributed by atoms with Gasteiger partial charge in [0.2, 0.25) is 0 Å². The van der Waals surface area contributed by atoms with Crippen LogP contribution in [0.5, 0.6) is 0 Å². The summed E-state index contributed by atoms with van der Waals surface area (Å²) in [6.45, 7) is 1.49. The molecule has 1 aromatic heterocycles. The molecule has 1 aliphatic rings. The highest BCUT2D eigenvalue weighted by Crippen LogP contribution is 2.20. The van der Waals surface area contributed by atoms with E-state index in [0.29, 0.717) is 18.8 Å². The van der Waals surface area contributed by atoms with E-state index in [0.717, 1.165) is 42.5 Å². The smallest absolute Gasteiger partial charge is 0.140 e. The van der Waals surface area contributed by atoms with E-state index in [9.17, 15) is 0 Å². The van der Waals surface area contributed by atoms with Gasteiger partial charge in [0.25, 0.3) is 0 Å². The quantitative estimate of drug-likeness (QED) is 0.820. The molecule has 0 amide bonds. The van der Waals surface area contributed by atoms with Gasteiger partial charge in [-0.05, 0) is 53.7 Å². The van der Waals surface area contributed by atoms with E-state index in [2.05, 4.69) is 26.2 Å². The molecule has 100 valence electrons. The van der Waals surface area contributed by atoms with Crippen molar-refractivity contribution in [2.75, 3.05) is 18.5 Å². The SMILES string of the molecule is NC1CCC(OCCNc2ncccc2Br)CC1. The zero-order chi connectivity index (χ0) is 12.8. The molecule has 1 heterocycles. The Labute approximate surface area is 116 Å². The molecule has 1 fully saturated rings. The van der Waals surface area contributed by atoms with Crippen LogP contribution in [0.25, 0.3) is 0 Å². The average Bonchev–Trinajstić information content (AvgIpc) is 2.39. The van der Waals surface area contributed by atoms with Gasteiger partial charge in [-0.2, -0.15) is 0 Å². The maximum atomic E-state index is 5.86. The molecule has 18 heavy (non-hydrogen) atoms. The topological polar surface area (TPSA) is 60.2 Å². The average molecular weight is 314 g/mol. The number of aromatic nitrogens is 1. The molecule has 3 N–H and O–H groups in total. The van der Waals surface area contributed by atoms with Crippen LogP contribution in [0.4, 0.5) is 5.82 Å². The lowest BCUT2D eigenvalue weighted by atomic mass is 9.94. The molecule has 0 atom stereocenters. The number of hydrogen-bond donors (Lipinski definition) is 2. The third-order valence-electron chi connectivity index (χ3n) is 3.23. The van der Waals surface area contributed by atoms with E-state index in [4.69, 9.17) is 10.5 Å². The van der Waals surface area contributed by atoms with E-state index in [1.807, 2.05) is 12.1 Å². The summed E-state index contributed by atoms with van der Waals surface area (Å²) >= 11 is 3.45. The summed E-state index contributed by atoms with van der Waals surface area (Å²) in [6.07, 6.45) is 6.52. The summed E-state index contributed by atoms with van der Waals surface area (Å²) in [7, 11) is 0. The van der Waals surface area contributed by atoms with Crippen LogP contribution in [0.1, 0.15) is 25.7 Å². The van der Waals surface area contributed by atoms with Gasteiger partial charge < -0.3 is 15.8 Å².